The van der Waals surface area contributed by atoms with Crippen molar-refractivity contribution in [1.29, 1.82) is 0 Å². The Bertz CT molecular complexity index is 557. The monoisotopic (exact) mass is 306 g/mol. The van der Waals surface area contributed by atoms with E-state index < -0.39 is 11.8 Å². The molecule has 120 valence electrons. The fourth-order valence-electron chi connectivity index (χ4n) is 2.77. The van der Waals surface area contributed by atoms with Crippen LogP contribution in [-0.2, 0) is 9.59 Å². The van der Waals surface area contributed by atoms with Crippen LogP contribution in [0.3, 0.4) is 0 Å². The molecule has 0 aromatic heterocycles. The van der Waals surface area contributed by atoms with Crippen molar-refractivity contribution in [2.45, 2.75) is 38.6 Å². The summed E-state index contributed by atoms with van der Waals surface area (Å²) < 4.78 is 0. The SMILES string of the molecule is Cc1ccc(NC(=O)C(=O)N2CCCCC2CCO)c(O)c1. The Morgan fingerprint density at radius 1 is 1.36 bits per heavy atom. The predicted octanol–water partition coefficient (Wildman–Crippen LogP) is 1.40. The van der Waals surface area contributed by atoms with Gasteiger partial charge in [-0.05, 0) is 50.3 Å². The van der Waals surface area contributed by atoms with E-state index in [1.807, 2.05) is 6.92 Å². The zero-order valence-electron chi connectivity index (χ0n) is 12.7. The summed E-state index contributed by atoms with van der Waals surface area (Å²) in [5, 5.41) is 21.3. The lowest BCUT2D eigenvalue weighted by Crippen LogP contribution is -2.48. The van der Waals surface area contributed by atoms with Crippen LogP contribution >= 0.6 is 0 Å². The Hall–Kier alpha value is -2.08. The van der Waals surface area contributed by atoms with Crippen LogP contribution in [0.4, 0.5) is 5.69 Å². The second kappa shape index (κ2) is 7.26. The number of hydrogen-bond donors (Lipinski definition) is 3. The molecule has 1 fully saturated rings. The number of carbonyl (C=O) groups is 2. The van der Waals surface area contributed by atoms with E-state index in [4.69, 9.17) is 5.11 Å². The number of carbonyl (C=O) groups excluding carboxylic acids is 2. The third-order valence-corrected chi connectivity index (χ3v) is 3.95. The first kappa shape index (κ1) is 16.3. The van der Waals surface area contributed by atoms with E-state index in [-0.39, 0.29) is 24.1 Å². The van der Waals surface area contributed by atoms with E-state index in [1.165, 1.54) is 11.0 Å². The number of hydrogen-bond acceptors (Lipinski definition) is 4. The highest BCUT2D eigenvalue weighted by molar-refractivity contribution is 6.39. The molecule has 1 aliphatic rings. The Labute approximate surface area is 129 Å². The Balaban J connectivity index is 2.06. The molecule has 0 aliphatic carbocycles. The normalized spacial score (nSPS) is 18.1. The maximum Gasteiger partial charge on any atom is 0.314 e. The zero-order chi connectivity index (χ0) is 16.1. The largest absolute Gasteiger partial charge is 0.506 e. The number of aliphatic hydroxyl groups is 1. The smallest absolute Gasteiger partial charge is 0.314 e. The standard InChI is InChI=1S/C16H22N2O4/c1-11-5-6-13(14(20)10-11)17-15(21)16(22)18-8-3-2-4-12(18)7-9-19/h5-6,10,12,19-20H,2-4,7-9H2,1H3,(H,17,21). The van der Waals surface area contributed by atoms with E-state index >= 15 is 0 Å². The first-order valence-corrected chi connectivity index (χ1v) is 7.55. The molecule has 1 aromatic carbocycles. The van der Waals surface area contributed by atoms with Crippen LogP contribution in [-0.4, -0.2) is 46.1 Å². The summed E-state index contributed by atoms with van der Waals surface area (Å²) in [5.41, 5.74) is 1.08. The van der Waals surface area contributed by atoms with Crippen LogP contribution in [0.15, 0.2) is 18.2 Å². The molecule has 22 heavy (non-hydrogen) atoms. The molecule has 2 rings (SSSR count). The molecule has 6 nitrogen and oxygen atoms in total. The molecule has 1 aromatic rings. The summed E-state index contributed by atoms with van der Waals surface area (Å²) in [6.45, 7) is 2.34. The van der Waals surface area contributed by atoms with Crippen LogP contribution in [0, 0.1) is 6.92 Å². The average Bonchev–Trinajstić information content (AvgIpc) is 2.50. The maximum absolute atomic E-state index is 12.3. The fraction of sp³-hybridized carbons (Fsp3) is 0.500. The van der Waals surface area contributed by atoms with Crippen molar-refractivity contribution in [3.8, 4) is 5.75 Å². The molecular weight excluding hydrogens is 284 g/mol. The lowest BCUT2D eigenvalue weighted by molar-refractivity contribution is -0.146. The quantitative estimate of drug-likeness (QED) is 0.581. The van der Waals surface area contributed by atoms with Crippen molar-refractivity contribution in [1.82, 2.24) is 4.90 Å². The number of aryl methyl sites for hydroxylation is 1. The number of nitrogens with zero attached hydrogens (tertiary/aromatic N) is 1. The topological polar surface area (TPSA) is 89.9 Å². The van der Waals surface area contributed by atoms with E-state index in [2.05, 4.69) is 5.32 Å². The van der Waals surface area contributed by atoms with Crippen LogP contribution in [0.25, 0.3) is 0 Å². The fourth-order valence-corrected chi connectivity index (χ4v) is 2.77. The molecule has 1 heterocycles. The van der Waals surface area contributed by atoms with Gasteiger partial charge in [-0.1, -0.05) is 6.07 Å². The molecule has 1 atom stereocenters. The Kier molecular flexibility index (Phi) is 5.38. The van der Waals surface area contributed by atoms with Crippen molar-refractivity contribution >= 4 is 17.5 Å². The lowest BCUT2D eigenvalue weighted by atomic mass is 9.99. The van der Waals surface area contributed by atoms with Crippen LogP contribution in [0.2, 0.25) is 0 Å². The minimum Gasteiger partial charge on any atom is -0.506 e. The first-order chi connectivity index (χ1) is 10.5. The minimum atomic E-state index is -0.760. The van der Waals surface area contributed by atoms with Gasteiger partial charge in [0.15, 0.2) is 0 Å². The summed E-state index contributed by atoms with van der Waals surface area (Å²) in [6, 6.07) is 4.74. The summed E-state index contributed by atoms with van der Waals surface area (Å²) in [6.07, 6.45) is 3.13. The maximum atomic E-state index is 12.3. The molecular formula is C16H22N2O4. The van der Waals surface area contributed by atoms with Crippen LogP contribution in [0.5, 0.6) is 5.75 Å². The van der Waals surface area contributed by atoms with Gasteiger partial charge in [0.1, 0.15) is 5.75 Å². The number of aromatic hydroxyl groups is 1. The van der Waals surface area contributed by atoms with E-state index in [9.17, 15) is 14.7 Å². The molecule has 2 amide bonds. The minimum absolute atomic E-state index is 0.00514. The number of aliphatic hydroxyl groups excluding tert-OH is 1. The van der Waals surface area contributed by atoms with E-state index in [1.54, 1.807) is 12.1 Å². The number of piperidine rings is 1. The number of nitrogens with one attached hydrogen (secondary N) is 1. The van der Waals surface area contributed by atoms with Crippen LogP contribution < -0.4 is 5.32 Å². The molecule has 1 aliphatic heterocycles. The van der Waals surface area contributed by atoms with Gasteiger partial charge in [-0.3, -0.25) is 9.59 Å². The van der Waals surface area contributed by atoms with Gasteiger partial charge in [0.25, 0.3) is 0 Å². The number of likely N-dealkylation sites (tertiary alicyclic amines) is 1. The Morgan fingerprint density at radius 2 is 2.14 bits per heavy atom. The highest BCUT2D eigenvalue weighted by Crippen LogP contribution is 2.24. The third kappa shape index (κ3) is 3.76. The summed E-state index contributed by atoms with van der Waals surface area (Å²) in [4.78, 5) is 26.0. The van der Waals surface area contributed by atoms with Crippen molar-refractivity contribution < 1.29 is 19.8 Å². The predicted molar refractivity (Wildman–Crippen MR) is 82.5 cm³/mol. The highest BCUT2D eigenvalue weighted by Gasteiger charge is 2.30. The number of phenolic OH excluding ortho intramolecular Hbond substituents is 1. The third-order valence-electron chi connectivity index (χ3n) is 3.95. The van der Waals surface area contributed by atoms with E-state index in [0.29, 0.717) is 13.0 Å². The molecule has 1 unspecified atom stereocenters. The first-order valence-electron chi connectivity index (χ1n) is 7.55. The van der Waals surface area contributed by atoms with Crippen molar-refractivity contribution in [3.05, 3.63) is 23.8 Å². The van der Waals surface area contributed by atoms with Gasteiger partial charge < -0.3 is 20.4 Å². The second-order valence-corrected chi connectivity index (χ2v) is 5.64. The number of anilines is 1. The summed E-state index contributed by atoms with van der Waals surface area (Å²) in [7, 11) is 0. The number of phenols is 1. The van der Waals surface area contributed by atoms with Crippen molar-refractivity contribution in [3.63, 3.8) is 0 Å². The number of benzene rings is 1. The zero-order valence-corrected chi connectivity index (χ0v) is 12.7. The van der Waals surface area contributed by atoms with Gasteiger partial charge in [-0.2, -0.15) is 0 Å². The summed E-state index contributed by atoms with van der Waals surface area (Å²) >= 11 is 0. The van der Waals surface area contributed by atoms with Gasteiger partial charge in [-0.15, -0.1) is 0 Å². The molecule has 0 saturated carbocycles. The van der Waals surface area contributed by atoms with Crippen molar-refractivity contribution in [2.75, 3.05) is 18.5 Å². The molecule has 0 bridgehead atoms. The highest BCUT2D eigenvalue weighted by atomic mass is 16.3. The number of amides is 2. The van der Waals surface area contributed by atoms with Gasteiger partial charge in [0, 0.05) is 19.2 Å². The van der Waals surface area contributed by atoms with Crippen LogP contribution in [0.1, 0.15) is 31.2 Å². The van der Waals surface area contributed by atoms with Crippen molar-refractivity contribution in [2.24, 2.45) is 0 Å². The van der Waals surface area contributed by atoms with Gasteiger partial charge >= 0.3 is 11.8 Å². The van der Waals surface area contributed by atoms with Gasteiger partial charge in [0.05, 0.1) is 5.69 Å². The number of rotatable bonds is 3. The molecule has 0 spiro atoms. The van der Waals surface area contributed by atoms with Gasteiger partial charge in [0.2, 0.25) is 0 Å². The molecule has 1 saturated heterocycles. The van der Waals surface area contributed by atoms with Gasteiger partial charge in [-0.25, -0.2) is 0 Å². The summed E-state index contributed by atoms with van der Waals surface area (Å²) in [5.74, 6) is -1.44. The average molecular weight is 306 g/mol. The molecule has 3 N–H and O–H groups in total. The van der Waals surface area contributed by atoms with E-state index in [0.717, 1.165) is 24.8 Å². The molecule has 6 heteroatoms. The Morgan fingerprint density at radius 3 is 2.82 bits per heavy atom. The molecule has 0 radical (unpaired) electrons. The lowest BCUT2D eigenvalue weighted by Gasteiger charge is -2.35. The second-order valence-electron chi connectivity index (χ2n) is 5.64.